The van der Waals surface area contributed by atoms with Crippen molar-refractivity contribution in [3.8, 4) is 0 Å². The molecule has 0 aromatic heterocycles. The number of nitrogens with two attached hydrogens (primary N) is 1. The van der Waals surface area contributed by atoms with Gasteiger partial charge in [-0.2, -0.15) is 0 Å². The van der Waals surface area contributed by atoms with Crippen molar-refractivity contribution in [1.82, 2.24) is 4.90 Å². The van der Waals surface area contributed by atoms with E-state index in [-0.39, 0.29) is 0 Å². The van der Waals surface area contributed by atoms with Crippen LogP contribution < -0.4 is 5.73 Å². The Balaban J connectivity index is 1.83. The summed E-state index contributed by atoms with van der Waals surface area (Å²) in [4.78, 5) is 2.54. The molecule has 0 radical (unpaired) electrons. The summed E-state index contributed by atoms with van der Waals surface area (Å²) in [5.41, 5.74) is 5.86. The van der Waals surface area contributed by atoms with Crippen molar-refractivity contribution in [3.05, 3.63) is 0 Å². The Bertz CT molecular complexity index is 207. The molecule has 4 heteroatoms. The van der Waals surface area contributed by atoms with Gasteiger partial charge in [0.05, 0.1) is 12.7 Å². The molecule has 3 atom stereocenters. The normalized spacial score (nSPS) is 36.8. The second-order valence-electron chi connectivity index (χ2n) is 5.00. The van der Waals surface area contributed by atoms with E-state index in [9.17, 15) is 0 Å². The lowest BCUT2D eigenvalue weighted by molar-refractivity contribution is 0.00718. The van der Waals surface area contributed by atoms with E-state index in [1.165, 1.54) is 6.42 Å². The quantitative estimate of drug-likeness (QED) is 0.759. The smallest absolute Gasteiger partial charge is 0.0599 e. The third-order valence-corrected chi connectivity index (χ3v) is 3.91. The maximum atomic E-state index is 5.86. The third kappa shape index (κ3) is 2.94. The second-order valence-corrected chi connectivity index (χ2v) is 5.00. The van der Waals surface area contributed by atoms with Gasteiger partial charge in [0.1, 0.15) is 0 Å². The van der Waals surface area contributed by atoms with Crippen LogP contribution in [0.15, 0.2) is 0 Å². The first-order chi connectivity index (χ1) is 7.83. The molecule has 0 aromatic rings. The summed E-state index contributed by atoms with van der Waals surface area (Å²) < 4.78 is 10.9. The topological polar surface area (TPSA) is 47.7 Å². The lowest BCUT2D eigenvalue weighted by atomic mass is 9.97. The highest BCUT2D eigenvalue weighted by Gasteiger charge is 2.29. The van der Waals surface area contributed by atoms with Crippen LogP contribution in [0.5, 0.6) is 0 Å². The van der Waals surface area contributed by atoms with Crippen LogP contribution in [0.25, 0.3) is 0 Å². The molecule has 2 aliphatic heterocycles. The Morgan fingerprint density at radius 1 is 1.44 bits per heavy atom. The van der Waals surface area contributed by atoms with Gasteiger partial charge in [-0.1, -0.05) is 0 Å². The number of methoxy groups -OCH3 is 1. The van der Waals surface area contributed by atoms with Crippen LogP contribution in [0, 0.1) is 5.92 Å². The summed E-state index contributed by atoms with van der Waals surface area (Å²) in [6, 6.07) is 0.499. The van der Waals surface area contributed by atoms with Crippen molar-refractivity contribution in [3.63, 3.8) is 0 Å². The minimum atomic E-state index is 0.407. The van der Waals surface area contributed by atoms with Crippen LogP contribution >= 0.6 is 0 Å². The predicted octanol–water partition coefficient (Wildman–Crippen LogP) is 0.461. The Labute approximate surface area is 98.1 Å². The molecule has 4 nitrogen and oxygen atoms in total. The van der Waals surface area contributed by atoms with E-state index < -0.39 is 0 Å². The van der Waals surface area contributed by atoms with Crippen LogP contribution in [0.3, 0.4) is 0 Å². The van der Waals surface area contributed by atoms with Crippen molar-refractivity contribution in [2.24, 2.45) is 11.7 Å². The van der Waals surface area contributed by atoms with Crippen molar-refractivity contribution < 1.29 is 9.47 Å². The van der Waals surface area contributed by atoms with E-state index in [2.05, 4.69) is 4.90 Å². The van der Waals surface area contributed by atoms with Gasteiger partial charge in [-0.3, -0.25) is 4.90 Å². The van der Waals surface area contributed by atoms with Crippen molar-refractivity contribution in [2.45, 2.75) is 31.4 Å². The van der Waals surface area contributed by atoms with E-state index >= 15 is 0 Å². The van der Waals surface area contributed by atoms with E-state index in [4.69, 9.17) is 15.2 Å². The largest absolute Gasteiger partial charge is 0.381 e. The van der Waals surface area contributed by atoms with Gasteiger partial charge in [-0.15, -0.1) is 0 Å². The molecule has 0 spiro atoms. The molecule has 2 fully saturated rings. The van der Waals surface area contributed by atoms with Gasteiger partial charge in [0.25, 0.3) is 0 Å². The Kier molecular flexibility index (Phi) is 4.58. The summed E-state index contributed by atoms with van der Waals surface area (Å²) in [6.45, 7) is 4.89. The number of nitrogens with zero attached hydrogens (tertiary/aromatic N) is 1. The van der Waals surface area contributed by atoms with Crippen LogP contribution in [0.1, 0.15) is 19.3 Å². The first-order valence-corrected chi connectivity index (χ1v) is 6.38. The van der Waals surface area contributed by atoms with Crippen molar-refractivity contribution >= 4 is 0 Å². The fourth-order valence-electron chi connectivity index (χ4n) is 2.82. The highest BCUT2D eigenvalue weighted by Crippen LogP contribution is 2.22. The first-order valence-electron chi connectivity index (χ1n) is 6.38. The highest BCUT2D eigenvalue weighted by atomic mass is 16.5. The standard InChI is InChI=1S/C12H24N2O2/c1-15-12-2-4-14(11(6-12)7-13)8-10-3-5-16-9-10/h10-12H,2-9,13H2,1H3. The molecule has 0 aromatic carbocycles. The monoisotopic (exact) mass is 228 g/mol. The lowest BCUT2D eigenvalue weighted by Crippen LogP contribution is -2.50. The van der Waals surface area contributed by atoms with E-state index in [1.54, 1.807) is 7.11 Å². The van der Waals surface area contributed by atoms with Gasteiger partial charge < -0.3 is 15.2 Å². The highest BCUT2D eigenvalue weighted by molar-refractivity contribution is 4.84. The van der Waals surface area contributed by atoms with Gasteiger partial charge in [0.2, 0.25) is 0 Å². The molecule has 0 saturated carbocycles. The van der Waals surface area contributed by atoms with E-state index in [1.807, 2.05) is 0 Å². The molecule has 0 aliphatic carbocycles. The Hall–Kier alpha value is -0.160. The molecule has 3 unspecified atom stereocenters. The SMILES string of the molecule is COC1CCN(CC2CCOC2)C(CN)C1. The summed E-state index contributed by atoms with van der Waals surface area (Å²) in [5.74, 6) is 0.716. The summed E-state index contributed by atoms with van der Waals surface area (Å²) in [6.07, 6.45) is 3.84. The van der Waals surface area contributed by atoms with Crippen molar-refractivity contribution in [2.75, 3.05) is 40.0 Å². The summed E-state index contributed by atoms with van der Waals surface area (Å²) in [5, 5.41) is 0. The third-order valence-electron chi connectivity index (χ3n) is 3.91. The maximum absolute atomic E-state index is 5.86. The predicted molar refractivity (Wildman–Crippen MR) is 63.4 cm³/mol. The molecule has 0 amide bonds. The average molecular weight is 228 g/mol. The number of hydrogen-bond donors (Lipinski definition) is 1. The molecular formula is C12H24N2O2. The number of ether oxygens (including phenoxy) is 2. The molecule has 2 heterocycles. The molecule has 94 valence electrons. The van der Waals surface area contributed by atoms with Gasteiger partial charge in [-0.05, 0) is 25.2 Å². The fourth-order valence-corrected chi connectivity index (χ4v) is 2.82. The van der Waals surface area contributed by atoms with Crippen LogP contribution in [-0.2, 0) is 9.47 Å². The van der Waals surface area contributed by atoms with Crippen LogP contribution in [-0.4, -0.2) is 57.0 Å². The number of hydrogen-bond acceptors (Lipinski definition) is 4. The average Bonchev–Trinajstić information content (AvgIpc) is 2.82. The fraction of sp³-hybridized carbons (Fsp3) is 1.00. The number of piperidine rings is 1. The minimum Gasteiger partial charge on any atom is -0.381 e. The van der Waals surface area contributed by atoms with E-state index in [0.717, 1.165) is 45.7 Å². The molecule has 2 aliphatic rings. The van der Waals surface area contributed by atoms with Crippen LogP contribution in [0.4, 0.5) is 0 Å². The Morgan fingerprint density at radius 2 is 2.31 bits per heavy atom. The van der Waals surface area contributed by atoms with Crippen molar-refractivity contribution in [1.29, 1.82) is 0 Å². The van der Waals surface area contributed by atoms with Gasteiger partial charge in [0, 0.05) is 39.4 Å². The zero-order valence-electron chi connectivity index (χ0n) is 10.2. The summed E-state index contributed by atoms with van der Waals surface area (Å²) in [7, 11) is 1.80. The molecule has 2 rings (SSSR count). The second kappa shape index (κ2) is 5.96. The van der Waals surface area contributed by atoms with Gasteiger partial charge in [-0.25, -0.2) is 0 Å². The summed E-state index contributed by atoms with van der Waals surface area (Å²) >= 11 is 0. The zero-order chi connectivity index (χ0) is 11.4. The Morgan fingerprint density at radius 3 is 2.94 bits per heavy atom. The molecule has 2 saturated heterocycles. The molecule has 0 bridgehead atoms. The molecule has 16 heavy (non-hydrogen) atoms. The minimum absolute atomic E-state index is 0.407. The number of likely N-dealkylation sites (tertiary alicyclic amines) is 1. The molecule has 2 N–H and O–H groups in total. The van der Waals surface area contributed by atoms with Gasteiger partial charge >= 0.3 is 0 Å². The zero-order valence-corrected chi connectivity index (χ0v) is 10.2. The van der Waals surface area contributed by atoms with Gasteiger partial charge in [0.15, 0.2) is 0 Å². The maximum Gasteiger partial charge on any atom is 0.0599 e. The first kappa shape index (κ1) is 12.3. The molecular weight excluding hydrogens is 204 g/mol. The number of rotatable bonds is 4. The lowest BCUT2D eigenvalue weighted by Gasteiger charge is -2.39. The van der Waals surface area contributed by atoms with E-state index in [0.29, 0.717) is 18.1 Å². The van der Waals surface area contributed by atoms with Crippen LogP contribution in [0.2, 0.25) is 0 Å².